The quantitative estimate of drug-likeness (QED) is 0.206. The van der Waals surface area contributed by atoms with Gasteiger partial charge < -0.3 is 21.5 Å². The summed E-state index contributed by atoms with van der Waals surface area (Å²) >= 11 is 0. The van der Waals surface area contributed by atoms with Crippen molar-refractivity contribution < 1.29 is 9.90 Å². The van der Waals surface area contributed by atoms with Crippen molar-refractivity contribution in [1.29, 1.82) is 0 Å². The number of unbranched alkanes of at least 4 members (excludes halogenated alkanes) is 1. The molecule has 37 heavy (non-hydrogen) atoms. The van der Waals surface area contributed by atoms with E-state index in [1.165, 1.54) is 70.6 Å². The van der Waals surface area contributed by atoms with E-state index >= 15 is 0 Å². The van der Waals surface area contributed by atoms with Crippen molar-refractivity contribution in [2.45, 2.75) is 123 Å². The van der Waals surface area contributed by atoms with E-state index in [0.29, 0.717) is 23.2 Å². The van der Waals surface area contributed by atoms with E-state index in [-0.39, 0.29) is 0 Å². The minimum Gasteiger partial charge on any atom is -0.481 e. The summed E-state index contributed by atoms with van der Waals surface area (Å²) in [5.74, 6) is 4.52. The van der Waals surface area contributed by atoms with Crippen molar-refractivity contribution >= 4 is 5.97 Å². The molecule has 0 spiro atoms. The molecule has 0 aromatic heterocycles. The van der Waals surface area contributed by atoms with E-state index < -0.39 is 5.97 Å². The molecule has 4 saturated carbocycles. The minimum absolute atomic E-state index is 0.337. The molecule has 0 bridgehead atoms. The summed E-state index contributed by atoms with van der Waals surface area (Å²) in [6.45, 7) is 11.9. The lowest BCUT2D eigenvalue weighted by molar-refractivity contribution is -0.137. The van der Waals surface area contributed by atoms with Gasteiger partial charge in [-0.3, -0.25) is 4.79 Å². The predicted octanol–water partition coefficient (Wildman–Crippen LogP) is 6.21. The van der Waals surface area contributed by atoms with E-state index in [9.17, 15) is 4.79 Å². The monoisotopic (exact) mass is 517 g/mol. The van der Waals surface area contributed by atoms with E-state index in [1.807, 2.05) is 0 Å². The minimum atomic E-state index is -0.635. The molecule has 5 N–H and O–H groups in total. The molecular weight excluding hydrogens is 458 g/mol. The first-order valence-electron chi connectivity index (χ1n) is 16.2. The maximum absolute atomic E-state index is 11.0. The molecule has 214 valence electrons. The first kappa shape index (κ1) is 29.3. The van der Waals surface area contributed by atoms with Gasteiger partial charge >= 0.3 is 5.97 Å². The third kappa shape index (κ3) is 6.57. The largest absolute Gasteiger partial charge is 0.481 e. The van der Waals surface area contributed by atoms with E-state index in [1.54, 1.807) is 0 Å². The van der Waals surface area contributed by atoms with Gasteiger partial charge in [-0.25, -0.2) is 0 Å². The Hall–Kier alpha value is -0.650. The fourth-order valence-electron chi connectivity index (χ4n) is 10.2. The first-order chi connectivity index (χ1) is 17.8. The number of fused-ring (bicyclic) bond motifs is 5. The molecule has 4 aliphatic carbocycles. The van der Waals surface area contributed by atoms with Crippen LogP contribution in [-0.4, -0.2) is 43.3 Å². The van der Waals surface area contributed by atoms with Gasteiger partial charge in [-0.2, -0.15) is 0 Å². The molecule has 0 aromatic rings. The molecule has 0 heterocycles. The predicted molar refractivity (Wildman–Crippen MR) is 153 cm³/mol. The second kappa shape index (κ2) is 13.1. The molecule has 9 unspecified atom stereocenters. The first-order valence-corrected chi connectivity index (χ1v) is 16.2. The van der Waals surface area contributed by atoms with Gasteiger partial charge in [0.05, 0.1) is 0 Å². The summed E-state index contributed by atoms with van der Waals surface area (Å²) < 4.78 is 0. The van der Waals surface area contributed by atoms with Crippen LogP contribution in [0.3, 0.4) is 0 Å². The third-order valence-electron chi connectivity index (χ3n) is 12.2. The number of hydrogen-bond acceptors (Lipinski definition) is 4. The lowest BCUT2D eigenvalue weighted by atomic mass is 9.44. The lowest BCUT2D eigenvalue weighted by Gasteiger charge is -2.61. The van der Waals surface area contributed by atoms with Crippen LogP contribution in [0.2, 0.25) is 0 Å². The molecule has 0 radical (unpaired) electrons. The number of rotatable bonds is 14. The molecule has 4 fully saturated rings. The lowest BCUT2D eigenvalue weighted by Crippen LogP contribution is -2.55. The van der Waals surface area contributed by atoms with Gasteiger partial charge in [0.2, 0.25) is 0 Å². The van der Waals surface area contributed by atoms with Crippen LogP contribution in [0.4, 0.5) is 0 Å². The molecule has 5 heteroatoms. The van der Waals surface area contributed by atoms with Crippen molar-refractivity contribution in [3.05, 3.63) is 0 Å². The highest BCUT2D eigenvalue weighted by Crippen LogP contribution is 2.68. The van der Waals surface area contributed by atoms with Gasteiger partial charge in [-0.1, -0.05) is 20.8 Å². The van der Waals surface area contributed by atoms with Crippen LogP contribution in [0.5, 0.6) is 0 Å². The zero-order valence-corrected chi connectivity index (χ0v) is 24.4. The number of carbonyl (C=O) groups is 1. The van der Waals surface area contributed by atoms with Crippen molar-refractivity contribution in [2.75, 3.05) is 26.2 Å². The van der Waals surface area contributed by atoms with Crippen molar-refractivity contribution in [1.82, 2.24) is 10.6 Å². The molecule has 0 aliphatic heterocycles. The second-order valence-electron chi connectivity index (χ2n) is 14.2. The Kier molecular flexibility index (Phi) is 10.4. The standard InChI is InChI=1S/C32H59N3O2/c1-23(8-6-9-30(36)37)27-12-13-28-26-11-10-24-22-25(35-21-7-20-34-19-5-4-18-33)14-16-31(24,2)29(26)15-17-32(27,28)3/h23-29,34-35H,4-22,33H2,1-3H3,(H,36,37). The van der Waals surface area contributed by atoms with E-state index in [2.05, 4.69) is 31.4 Å². The van der Waals surface area contributed by atoms with Crippen molar-refractivity contribution in [3.63, 3.8) is 0 Å². The Morgan fingerprint density at radius 1 is 0.919 bits per heavy atom. The zero-order chi connectivity index (χ0) is 26.5. The van der Waals surface area contributed by atoms with Gasteiger partial charge in [-0.05, 0) is 162 Å². The summed E-state index contributed by atoms with van der Waals surface area (Å²) in [4.78, 5) is 11.0. The van der Waals surface area contributed by atoms with Crippen LogP contribution in [0, 0.1) is 46.3 Å². The summed E-state index contributed by atoms with van der Waals surface area (Å²) in [5, 5.41) is 16.6. The van der Waals surface area contributed by atoms with Crippen LogP contribution in [-0.2, 0) is 4.79 Å². The highest BCUT2D eigenvalue weighted by atomic mass is 16.4. The van der Waals surface area contributed by atoms with Crippen LogP contribution in [0.15, 0.2) is 0 Å². The van der Waals surface area contributed by atoms with E-state index in [4.69, 9.17) is 10.8 Å². The average Bonchev–Trinajstić information content (AvgIpc) is 3.22. The number of nitrogens with one attached hydrogen (secondary N) is 2. The molecule has 0 amide bonds. The van der Waals surface area contributed by atoms with Crippen LogP contribution in [0.25, 0.3) is 0 Å². The Labute approximate surface area is 227 Å². The molecule has 0 aromatic carbocycles. The Morgan fingerprint density at radius 3 is 2.46 bits per heavy atom. The molecule has 4 aliphatic rings. The number of carboxylic acids is 1. The summed E-state index contributed by atoms with van der Waals surface area (Å²) in [6, 6.07) is 0.725. The van der Waals surface area contributed by atoms with Crippen molar-refractivity contribution in [2.24, 2.45) is 52.1 Å². The summed E-state index contributed by atoms with van der Waals surface area (Å²) in [7, 11) is 0. The highest BCUT2D eigenvalue weighted by molar-refractivity contribution is 5.66. The molecular formula is C32H59N3O2. The fourth-order valence-corrected chi connectivity index (χ4v) is 10.2. The molecule has 5 nitrogen and oxygen atoms in total. The number of aliphatic carboxylic acids is 1. The van der Waals surface area contributed by atoms with Crippen LogP contribution < -0.4 is 16.4 Å². The van der Waals surface area contributed by atoms with Gasteiger partial charge in [0.15, 0.2) is 0 Å². The van der Waals surface area contributed by atoms with E-state index in [0.717, 1.165) is 81.1 Å². The third-order valence-corrected chi connectivity index (χ3v) is 12.2. The van der Waals surface area contributed by atoms with Gasteiger partial charge in [0.1, 0.15) is 0 Å². The normalized spacial score (nSPS) is 40.0. The fraction of sp³-hybridized carbons (Fsp3) is 0.969. The number of nitrogens with two attached hydrogens (primary N) is 1. The van der Waals surface area contributed by atoms with Gasteiger partial charge in [0, 0.05) is 12.5 Å². The van der Waals surface area contributed by atoms with Crippen LogP contribution >= 0.6 is 0 Å². The highest BCUT2D eigenvalue weighted by Gasteiger charge is 2.60. The molecule has 9 atom stereocenters. The number of hydrogen-bond donors (Lipinski definition) is 4. The molecule has 4 rings (SSSR count). The Morgan fingerprint density at radius 2 is 1.68 bits per heavy atom. The smallest absolute Gasteiger partial charge is 0.303 e. The van der Waals surface area contributed by atoms with Crippen molar-refractivity contribution in [3.8, 4) is 0 Å². The zero-order valence-electron chi connectivity index (χ0n) is 24.4. The maximum atomic E-state index is 11.0. The van der Waals surface area contributed by atoms with Gasteiger partial charge in [-0.15, -0.1) is 0 Å². The molecule has 0 saturated heterocycles. The van der Waals surface area contributed by atoms with Crippen LogP contribution in [0.1, 0.15) is 117 Å². The summed E-state index contributed by atoms with van der Waals surface area (Å²) in [6.07, 6.45) is 18.6. The Bertz CT molecular complexity index is 731. The summed E-state index contributed by atoms with van der Waals surface area (Å²) in [5.41, 5.74) is 6.62. The maximum Gasteiger partial charge on any atom is 0.303 e. The number of carboxylic acid groups (broad SMARTS) is 1. The SMILES string of the molecule is CC(CCCC(=O)O)C1CCC2C3CCC4CC(NCCCNCCCCN)CCC4(C)C3CCC12C. The topological polar surface area (TPSA) is 87.4 Å². The van der Waals surface area contributed by atoms with Gasteiger partial charge in [0.25, 0.3) is 0 Å². The second-order valence-corrected chi connectivity index (χ2v) is 14.2. The Balaban J connectivity index is 1.26. The average molecular weight is 518 g/mol.